The van der Waals surface area contributed by atoms with E-state index in [4.69, 9.17) is 4.42 Å². The van der Waals surface area contributed by atoms with Crippen LogP contribution in [0.1, 0.15) is 37.6 Å². The molecule has 3 rings (SSSR count). The Labute approximate surface area is 150 Å². The zero-order valence-electron chi connectivity index (χ0n) is 14.6. The number of halogens is 1. The molecule has 1 N–H and O–H groups in total. The number of hydrogen-bond acceptors (Lipinski definition) is 4. The number of aliphatic hydroxyl groups excluding tert-OH is 1. The number of carbonyl (C=O) groups excluding carboxylic acids is 2. The molecule has 5 nitrogen and oxygen atoms in total. The molecule has 1 aliphatic rings. The maximum atomic E-state index is 14.5. The molecule has 2 heterocycles. The third kappa shape index (κ3) is 3.27. The van der Waals surface area contributed by atoms with Crippen LogP contribution in [0.3, 0.4) is 0 Å². The van der Waals surface area contributed by atoms with Crippen molar-refractivity contribution in [2.45, 2.75) is 32.9 Å². The highest BCUT2D eigenvalue weighted by atomic mass is 19.1. The molecular formula is C20H20FNO4. The van der Waals surface area contributed by atoms with Crippen molar-refractivity contribution in [2.75, 3.05) is 0 Å². The van der Waals surface area contributed by atoms with Crippen LogP contribution in [0.15, 0.2) is 58.4 Å². The second kappa shape index (κ2) is 7.15. The molecule has 136 valence electrons. The molecule has 1 aromatic carbocycles. The van der Waals surface area contributed by atoms with Crippen LogP contribution in [0.5, 0.6) is 0 Å². The maximum absolute atomic E-state index is 14.5. The Hall–Kier alpha value is -2.89. The molecule has 0 fully saturated rings. The lowest BCUT2D eigenvalue weighted by Crippen LogP contribution is -2.31. The van der Waals surface area contributed by atoms with Crippen LogP contribution in [-0.2, 0) is 16.1 Å². The van der Waals surface area contributed by atoms with Crippen molar-refractivity contribution in [1.82, 2.24) is 4.90 Å². The number of nitrogens with zero attached hydrogens (tertiary/aromatic N) is 1. The molecule has 0 radical (unpaired) electrons. The first-order valence-electron chi connectivity index (χ1n) is 8.44. The summed E-state index contributed by atoms with van der Waals surface area (Å²) in [6.45, 7) is 3.75. The van der Waals surface area contributed by atoms with Crippen molar-refractivity contribution in [2.24, 2.45) is 5.92 Å². The molecule has 0 saturated heterocycles. The number of ketones is 1. The van der Waals surface area contributed by atoms with Crippen LogP contribution in [-0.4, -0.2) is 21.7 Å². The van der Waals surface area contributed by atoms with E-state index >= 15 is 0 Å². The summed E-state index contributed by atoms with van der Waals surface area (Å²) >= 11 is 0. The van der Waals surface area contributed by atoms with Gasteiger partial charge in [-0.15, -0.1) is 0 Å². The largest absolute Gasteiger partial charge is 0.503 e. The second-order valence-corrected chi connectivity index (χ2v) is 6.72. The van der Waals surface area contributed by atoms with Crippen LogP contribution >= 0.6 is 0 Å². The Morgan fingerprint density at radius 1 is 1.27 bits per heavy atom. The van der Waals surface area contributed by atoms with E-state index in [2.05, 4.69) is 0 Å². The predicted molar refractivity (Wildman–Crippen MR) is 92.5 cm³/mol. The van der Waals surface area contributed by atoms with Gasteiger partial charge in [-0.3, -0.25) is 9.59 Å². The first-order valence-corrected chi connectivity index (χ1v) is 8.44. The van der Waals surface area contributed by atoms with E-state index in [1.165, 1.54) is 29.4 Å². The molecule has 0 spiro atoms. The summed E-state index contributed by atoms with van der Waals surface area (Å²) in [6, 6.07) is 8.32. The standard InChI is InChI=1S/C20H20FNO4/c1-12(2)10-16(23)17-18(14-7-3-4-8-15(14)21)22(20(25)19(17)24)11-13-6-5-9-26-13/h3-9,12,18,24H,10-11H2,1-2H3. The molecule has 0 saturated carbocycles. The van der Waals surface area contributed by atoms with E-state index in [1.807, 2.05) is 13.8 Å². The van der Waals surface area contributed by atoms with Gasteiger partial charge in [0.1, 0.15) is 11.6 Å². The molecule has 2 aromatic rings. The van der Waals surface area contributed by atoms with E-state index in [-0.39, 0.29) is 35.8 Å². The average molecular weight is 357 g/mol. The van der Waals surface area contributed by atoms with Crippen molar-refractivity contribution in [3.63, 3.8) is 0 Å². The Bertz CT molecular complexity index is 854. The number of carbonyl (C=O) groups is 2. The van der Waals surface area contributed by atoms with Gasteiger partial charge in [-0.1, -0.05) is 32.0 Å². The van der Waals surface area contributed by atoms with Gasteiger partial charge in [-0.2, -0.15) is 0 Å². The molecular weight excluding hydrogens is 337 g/mol. The lowest BCUT2D eigenvalue weighted by Gasteiger charge is -2.26. The number of amides is 1. The molecule has 1 aromatic heterocycles. The average Bonchev–Trinajstić information content (AvgIpc) is 3.17. The van der Waals surface area contributed by atoms with E-state index < -0.39 is 23.5 Å². The number of benzene rings is 1. The minimum absolute atomic E-state index is 0.0212. The summed E-state index contributed by atoms with van der Waals surface area (Å²) in [4.78, 5) is 26.6. The fourth-order valence-electron chi connectivity index (χ4n) is 3.17. The van der Waals surface area contributed by atoms with Gasteiger partial charge in [-0.25, -0.2) is 4.39 Å². The topological polar surface area (TPSA) is 70.8 Å². The summed E-state index contributed by atoms with van der Waals surface area (Å²) in [5.74, 6) is -1.71. The number of hydrogen-bond donors (Lipinski definition) is 1. The number of aliphatic hydroxyl groups is 1. The van der Waals surface area contributed by atoms with Gasteiger partial charge >= 0.3 is 0 Å². The molecule has 0 aliphatic carbocycles. The quantitative estimate of drug-likeness (QED) is 0.850. The molecule has 26 heavy (non-hydrogen) atoms. The van der Waals surface area contributed by atoms with Crippen molar-refractivity contribution < 1.29 is 23.5 Å². The van der Waals surface area contributed by atoms with Crippen LogP contribution in [0.25, 0.3) is 0 Å². The second-order valence-electron chi connectivity index (χ2n) is 6.72. The normalized spacial score (nSPS) is 17.5. The zero-order valence-corrected chi connectivity index (χ0v) is 14.6. The van der Waals surface area contributed by atoms with Gasteiger partial charge in [0, 0.05) is 12.0 Å². The first-order chi connectivity index (χ1) is 12.4. The summed E-state index contributed by atoms with van der Waals surface area (Å²) in [5, 5.41) is 10.4. The van der Waals surface area contributed by atoms with Gasteiger partial charge in [0.2, 0.25) is 0 Å². The molecule has 1 unspecified atom stereocenters. The van der Waals surface area contributed by atoms with Crippen LogP contribution < -0.4 is 0 Å². The Kier molecular flexibility index (Phi) is 4.93. The zero-order chi connectivity index (χ0) is 18.8. The van der Waals surface area contributed by atoms with Gasteiger partial charge in [0.05, 0.1) is 24.4 Å². The summed E-state index contributed by atoms with van der Waals surface area (Å²) in [5.41, 5.74) is 0.115. The highest BCUT2D eigenvalue weighted by Gasteiger charge is 2.44. The molecule has 1 atom stereocenters. The Morgan fingerprint density at radius 3 is 2.62 bits per heavy atom. The highest BCUT2D eigenvalue weighted by molar-refractivity contribution is 6.08. The molecule has 0 bridgehead atoms. The Balaban J connectivity index is 2.07. The van der Waals surface area contributed by atoms with Crippen molar-refractivity contribution in [3.8, 4) is 0 Å². The minimum Gasteiger partial charge on any atom is -0.503 e. The highest BCUT2D eigenvalue weighted by Crippen LogP contribution is 2.40. The molecule has 1 amide bonds. The van der Waals surface area contributed by atoms with E-state index in [0.717, 1.165) is 0 Å². The van der Waals surface area contributed by atoms with E-state index in [9.17, 15) is 19.1 Å². The smallest absolute Gasteiger partial charge is 0.290 e. The Morgan fingerprint density at radius 2 is 2.00 bits per heavy atom. The third-order valence-electron chi connectivity index (χ3n) is 4.30. The lowest BCUT2D eigenvalue weighted by atomic mass is 9.92. The van der Waals surface area contributed by atoms with Crippen molar-refractivity contribution >= 4 is 11.7 Å². The van der Waals surface area contributed by atoms with Crippen molar-refractivity contribution in [3.05, 3.63) is 71.1 Å². The van der Waals surface area contributed by atoms with Gasteiger partial charge in [0.15, 0.2) is 11.5 Å². The van der Waals surface area contributed by atoms with E-state index in [1.54, 1.807) is 18.2 Å². The molecule has 1 aliphatic heterocycles. The summed E-state index contributed by atoms with van der Waals surface area (Å²) in [7, 11) is 0. The monoisotopic (exact) mass is 357 g/mol. The van der Waals surface area contributed by atoms with Gasteiger partial charge < -0.3 is 14.4 Å². The number of furan rings is 1. The first kappa shape index (κ1) is 17.9. The lowest BCUT2D eigenvalue weighted by molar-refractivity contribution is -0.130. The SMILES string of the molecule is CC(C)CC(=O)C1=C(O)C(=O)N(Cc2ccco2)C1c1ccccc1F. The fraction of sp³-hybridized carbons (Fsp3) is 0.300. The van der Waals surface area contributed by atoms with Gasteiger partial charge in [0.25, 0.3) is 5.91 Å². The van der Waals surface area contributed by atoms with Crippen LogP contribution in [0.4, 0.5) is 4.39 Å². The van der Waals surface area contributed by atoms with Crippen molar-refractivity contribution in [1.29, 1.82) is 0 Å². The summed E-state index contributed by atoms with van der Waals surface area (Å²) in [6.07, 6.45) is 1.62. The van der Waals surface area contributed by atoms with Gasteiger partial charge in [-0.05, 0) is 24.1 Å². The molecule has 6 heteroatoms. The minimum atomic E-state index is -0.986. The van der Waals surface area contributed by atoms with Crippen LogP contribution in [0.2, 0.25) is 0 Å². The fourth-order valence-corrected chi connectivity index (χ4v) is 3.17. The van der Waals surface area contributed by atoms with E-state index in [0.29, 0.717) is 5.76 Å². The third-order valence-corrected chi connectivity index (χ3v) is 4.30. The maximum Gasteiger partial charge on any atom is 0.290 e. The summed E-state index contributed by atoms with van der Waals surface area (Å²) < 4.78 is 19.8. The van der Waals surface area contributed by atoms with Crippen LogP contribution in [0, 0.1) is 11.7 Å². The number of rotatable bonds is 6. The predicted octanol–water partition coefficient (Wildman–Crippen LogP) is 3.93. The number of Topliss-reactive ketones (excluding diaryl/α,β-unsaturated/α-hetero) is 1.